The number of sulfonamides is 1. The van der Waals surface area contributed by atoms with Crippen LogP contribution in [0.15, 0.2) is 95.9 Å². The molecule has 12 heteroatoms. The van der Waals surface area contributed by atoms with Crippen LogP contribution in [0.4, 0.5) is 27.9 Å². The molecule has 0 fully saturated rings. The van der Waals surface area contributed by atoms with Crippen molar-refractivity contribution in [2.75, 3.05) is 54.6 Å². The Morgan fingerprint density at radius 1 is 0.646 bits per heavy atom. The number of fused-ring (bicyclic) bond motifs is 1. The van der Waals surface area contributed by atoms with E-state index < -0.39 is 10.0 Å². The highest BCUT2D eigenvalue weighted by molar-refractivity contribution is 7.89. The second-order valence-electron chi connectivity index (χ2n) is 11.7. The van der Waals surface area contributed by atoms with E-state index in [1.807, 2.05) is 67.5 Å². The molecule has 0 atom stereocenters. The number of unbranched alkanes of at least 4 members (excludes halogenated alkanes) is 3. The molecule has 5 aromatic rings. The predicted molar refractivity (Wildman–Crippen MR) is 193 cm³/mol. The molecule has 10 nitrogen and oxygen atoms in total. The van der Waals surface area contributed by atoms with Gasteiger partial charge in [-0.1, -0.05) is 79.6 Å². The lowest BCUT2D eigenvalue weighted by molar-refractivity contribution is 0.573. The summed E-state index contributed by atoms with van der Waals surface area (Å²) >= 11 is 0. The number of halogens is 1. The third-order valence-corrected chi connectivity index (χ3v) is 9.34. The zero-order valence-electron chi connectivity index (χ0n) is 27.4. The first-order valence-electron chi connectivity index (χ1n) is 16.2. The van der Waals surface area contributed by atoms with Crippen molar-refractivity contribution in [3.63, 3.8) is 0 Å². The van der Waals surface area contributed by atoms with Crippen LogP contribution in [-0.2, 0) is 23.0 Å². The van der Waals surface area contributed by atoms with E-state index >= 15 is 0 Å². The summed E-state index contributed by atoms with van der Waals surface area (Å²) in [6, 6.07) is 27.7. The number of rotatable bonds is 18. The lowest BCUT2D eigenvalue weighted by Crippen LogP contribution is -2.25. The third-order valence-electron chi connectivity index (χ3n) is 7.82. The van der Waals surface area contributed by atoms with Crippen LogP contribution < -0.4 is 25.6 Å². The minimum atomic E-state index is -3.65. The quantitative estimate of drug-likeness (QED) is 0.0779. The highest BCUT2D eigenvalue weighted by Gasteiger charge is 2.18. The Labute approximate surface area is 282 Å². The molecule has 0 radical (unpaired) electrons. The molecule has 48 heavy (non-hydrogen) atoms. The highest BCUT2D eigenvalue weighted by atomic mass is 32.2. The van der Waals surface area contributed by atoms with Gasteiger partial charge in [-0.3, -0.25) is 0 Å². The smallest absolute Gasteiger partial charge is 0.241 e. The maximum absolute atomic E-state index is 13.7. The molecule has 0 aliphatic heterocycles. The Hall–Kier alpha value is -4.81. The molecule has 0 bridgehead atoms. The summed E-state index contributed by atoms with van der Waals surface area (Å²) in [5.41, 5.74) is 2.96. The van der Waals surface area contributed by atoms with E-state index in [-0.39, 0.29) is 5.82 Å². The fourth-order valence-corrected chi connectivity index (χ4v) is 6.68. The number of anilines is 4. The van der Waals surface area contributed by atoms with Gasteiger partial charge in [-0.2, -0.15) is 15.0 Å². The van der Waals surface area contributed by atoms with E-state index in [1.54, 1.807) is 18.2 Å². The fraction of sp³-hybridized carbons (Fsp3) is 0.306. The molecule has 0 unspecified atom stereocenters. The molecule has 1 aromatic heterocycles. The minimum absolute atomic E-state index is 0.295. The fourth-order valence-electron chi connectivity index (χ4n) is 5.38. The summed E-state index contributed by atoms with van der Waals surface area (Å²) in [7, 11) is 0.241. The van der Waals surface area contributed by atoms with Crippen LogP contribution in [0.2, 0.25) is 0 Å². The first kappa shape index (κ1) is 34.5. The second kappa shape index (κ2) is 16.8. The van der Waals surface area contributed by atoms with Crippen LogP contribution in [0, 0.1) is 5.82 Å². The van der Waals surface area contributed by atoms with E-state index in [4.69, 9.17) is 0 Å². The number of aromatic nitrogens is 3. The van der Waals surface area contributed by atoms with E-state index in [2.05, 4.69) is 47.8 Å². The van der Waals surface area contributed by atoms with Gasteiger partial charge in [-0.15, -0.1) is 0 Å². The largest absolute Gasteiger partial charge is 0.377 e. The van der Waals surface area contributed by atoms with Crippen molar-refractivity contribution in [3.8, 4) is 0 Å². The summed E-state index contributed by atoms with van der Waals surface area (Å²) in [5.74, 6) is 0.975. The summed E-state index contributed by atoms with van der Waals surface area (Å²) < 4.78 is 42.8. The number of benzene rings is 4. The Morgan fingerprint density at radius 2 is 1.27 bits per heavy atom. The third kappa shape index (κ3) is 9.85. The Kier molecular flexibility index (Phi) is 12.1. The van der Waals surface area contributed by atoms with E-state index in [0.717, 1.165) is 48.7 Å². The van der Waals surface area contributed by atoms with E-state index in [0.29, 0.717) is 54.3 Å². The first-order chi connectivity index (χ1) is 23.3. The zero-order chi connectivity index (χ0) is 33.8. The molecule has 0 aliphatic rings. The molecule has 0 aliphatic carbocycles. The molecular weight excluding hydrogens is 628 g/mol. The maximum Gasteiger partial charge on any atom is 0.241 e. The standard InChI is InChI=1S/C36H43FN8O2S/c1-45(2)32-19-11-18-31-30(32)17-12-20-33(31)48(46,47)41-23-9-4-3-8-22-38-34-42-35(39-24-21-27-13-6-5-7-14-27)44-36(43-34)40-26-28-15-10-16-29(37)25-28/h5-7,10-20,25,41H,3-4,8-9,21-24,26H2,1-2H3,(H3,38,39,40,42,43,44). The van der Waals surface area contributed by atoms with Crippen molar-refractivity contribution in [1.29, 1.82) is 0 Å². The van der Waals surface area contributed by atoms with Gasteiger partial charge in [-0.25, -0.2) is 17.5 Å². The average molecular weight is 671 g/mol. The van der Waals surface area contributed by atoms with Gasteiger partial charge in [0.05, 0.1) is 4.90 Å². The van der Waals surface area contributed by atoms with Gasteiger partial charge in [0.1, 0.15) is 5.82 Å². The van der Waals surface area contributed by atoms with E-state index in [1.165, 1.54) is 17.7 Å². The Bertz CT molecular complexity index is 1890. The Balaban J connectivity index is 1.09. The van der Waals surface area contributed by atoms with Crippen LogP contribution >= 0.6 is 0 Å². The highest BCUT2D eigenvalue weighted by Crippen LogP contribution is 2.30. The molecule has 0 saturated carbocycles. The van der Waals surface area contributed by atoms with Gasteiger partial charge in [0.25, 0.3) is 0 Å². The molecule has 5 rings (SSSR count). The van der Waals surface area contributed by atoms with Crippen molar-refractivity contribution in [3.05, 3.63) is 108 Å². The van der Waals surface area contributed by atoms with Crippen molar-refractivity contribution in [2.45, 2.75) is 43.5 Å². The molecule has 4 N–H and O–H groups in total. The number of nitrogens with zero attached hydrogens (tertiary/aromatic N) is 4. The Morgan fingerprint density at radius 3 is 2.00 bits per heavy atom. The van der Waals surface area contributed by atoms with Gasteiger partial charge in [-0.05, 0) is 54.7 Å². The van der Waals surface area contributed by atoms with Crippen LogP contribution in [0.25, 0.3) is 10.8 Å². The summed E-state index contributed by atoms with van der Waals surface area (Å²) in [5, 5.41) is 11.4. The van der Waals surface area contributed by atoms with Crippen molar-refractivity contribution in [2.24, 2.45) is 0 Å². The van der Waals surface area contributed by atoms with Gasteiger partial charge in [0.15, 0.2) is 0 Å². The lowest BCUT2D eigenvalue weighted by Gasteiger charge is -2.17. The number of hydrogen-bond acceptors (Lipinski definition) is 9. The summed E-state index contributed by atoms with van der Waals surface area (Å²) in [4.78, 5) is 15.9. The van der Waals surface area contributed by atoms with Gasteiger partial charge in [0.2, 0.25) is 27.9 Å². The van der Waals surface area contributed by atoms with E-state index in [9.17, 15) is 12.8 Å². The monoisotopic (exact) mass is 670 g/mol. The zero-order valence-corrected chi connectivity index (χ0v) is 28.2. The molecular formula is C36H43FN8O2S. The van der Waals surface area contributed by atoms with Crippen LogP contribution in [0.3, 0.4) is 0 Å². The molecule has 0 amide bonds. The number of hydrogen-bond donors (Lipinski definition) is 4. The van der Waals surface area contributed by atoms with Crippen LogP contribution in [-0.4, -0.2) is 57.1 Å². The summed E-state index contributed by atoms with van der Waals surface area (Å²) in [6.45, 7) is 2.03. The molecule has 252 valence electrons. The minimum Gasteiger partial charge on any atom is -0.377 e. The predicted octanol–water partition coefficient (Wildman–Crippen LogP) is 6.45. The molecule has 0 saturated heterocycles. The van der Waals surface area contributed by atoms with Crippen LogP contribution in [0.5, 0.6) is 0 Å². The lowest BCUT2D eigenvalue weighted by atomic mass is 10.1. The van der Waals surface area contributed by atoms with Gasteiger partial charge in [0, 0.05) is 56.7 Å². The first-order valence-corrected chi connectivity index (χ1v) is 17.7. The molecule has 4 aromatic carbocycles. The second-order valence-corrected chi connectivity index (χ2v) is 13.4. The van der Waals surface area contributed by atoms with Crippen molar-refractivity contribution in [1.82, 2.24) is 19.7 Å². The maximum atomic E-state index is 13.7. The average Bonchev–Trinajstić information content (AvgIpc) is 3.08. The van der Waals surface area contributed by atoms with Gasteiger partial charge >= 0.3 is 0 Å². The normalized spacial score (nSPS) is 11.4. The molecule has 1 heterocycles. The van der Waals surface area contributed by atoms with Crippen LogP contribution in [0.1, 0.15) is 36.8 Å². The molecule has 0 spiro atoms. The SMILES string of the molecule is CN(C)c1cccc2c(S(=O)(=O)NCCCCCCNc3nc(NCCc4ccccc4)nc(NCc4cccc(F)c4)n3)cccc12. The van der Waals surface area contributed by atoms with Crippen molar-refractivity contribution < 1.29 is 12.8 Å². The summed E-state index contributed by atoms with van der Waals surface area (Å²) in [6.07, 6.45) is 4.18. The van der Waals surface area contributed by atoms with Crippen molar-refractivity contribution >= 4 is 44.3 Å². The topological polar surface area (TPSA) is 124 Å². The van der Waals surface area contributed by atoms with Gasteiger partial charge < -0.3 is 20.9 Å². The number of nitrogens with one attached hydrogen (secondary N) is 4.